The summed E-state index contributed by atoms with van der Waals surface area (Å²) in [5, 5.41) is 2.54. The molecule has 3 heteroatoms. The zero-order valence-corrected chi connectivity index (χ0v) is 29.8. The quantitative estimate of drug-likeness (QED) is 0.181. The van der Waals surface area contributed by atoms with Gasteiger partial charge in [0.05, 0.1) is 11.4 Å². The van der Waals surface area contributed by atoms with Crippen LogP contribution in [0.2, 0.25) is 0 Å². The molecule has 246 valence electrons. The summed E-state index contributed by atoms with van der Waals surface area (Å²) in [5.41, 5.74) is 14.8. The number of hydrogen-bond acceptors (Lipinski definition) is 3. The summed E-state index contributed by atoms with van der Waals surface area (Å²) < 4.78 is 2.52. The van der Waals surface area contributed by atoms with Gasteiger partial charge in [0.25, 0.3) is 0 Å². The van der Waals surface area contributed by atoms with Crippen LogP contribution in [0.25, 0.3) is 87.5 Å². The molecule has 1 aliphatic rings. The largest absolute Gasteiger partial charge is 0.228 e. The maximum Gasteiger partial charge on any atom is 0.161 e. The van der Waals surface area contributed by atoms with Crippen LogP contribution in [0.4, 0.5) is 0 Å². The Balaban J connectivity index is 1.27. The summed E-state index contributed by atoms with van der Waals surface area (Å²) >= 11 is 1.84. The van der Waals surface area contributed by atoms with E-state index in [4.69, 9.17) is 9.97 Å². The van der Waals surface area contributed by atoms with E-state index < -0.39 is 0 Å². The normalized spacial score (nSPS) is 13.0. The van der Waals surface area contributed by atoms with E-state index in [2.05, 4.69) is 184 Å². The van der Waals surface area contributed by atoms with Crippen LogP contribution in [0.1, 0.15) is 25.0 Å². The van der Waals surface area contributed by atoms with Gasteiger partial charge in [-0.1, -0.05) is 166 Å². The minimum absolute atomic E-state index is 0.126. The number of aromatic nitrogens is 2. The molecule has 9 aromatic rings. The molecule has 0 spiro atoms. The molecular formula is C49H34N2S. The second-order valence-corrected chi connectivity index (χ2v) is 15.2. The molecule has 2 heterocycles. The molecule has 0 amide bonds. The van der Waals surface area contributed by atoms with Crippen molar-refractivity contribution in [3.05, 3.63) is 181 Å². The van der Waals surface area contributed by atoms with E-state index >= 15 is 0 Å². The molecule has 10 rings (SSSR count). The third-order valence-electron chi connectivity index (χ3n) is 10.7. The molecule has 2 aromatic heterocycles. The van der Waals surface area contributed by atoms with Crippen LogP contribution in [0.5, 0.6) is 0 Å². The summed E-state index contributed by atoms with van der Waals surface area (Å²) in [6, 6.07) is 61.1. The molecule has 0 radical (unpaired) electrons. The minimum Gasteiger partial charge on any atom is -0.228 e. The average molecular weight is 683 g/mol. The van der Waals surface area contributed by atoms with Crippen LogP contribution in [0.3, 0.4) is 0 Å². The van der Waals surface area contributed by atoms with E-state index in [1.807, 2.05) is 11.3 Å². The van der Waals surface area contributed by atoms with Crippen LogP contribution < -0.4 is 0 Å². The van der Waals surface area contributed by atoms with E-state index in [1.165, 1.54) is 53.6 Å². The van der Waals surface area contributed by atoms with Gasteiger partial charge in [-0.3, -0.25) is 0 Å². The first-order valence-corrected chi connectivity index (χ1v) is 18.6. The maximum atomic E-state index is 5.50. The molecule has 0 atom stereocenters. The van der Waals surface area contributed by atoms with Crippen LogP contribution in [-0.4, -0.2) is 9.97 Å². The van der Waals surface area contributed by atoms with E-state index in [-0.39, 0.29) is 5.41 Å². The van der Waals surface area contributed by atoms with Gasteiger partial charge >= 0.3 is 0 Å². The summed E-state index contributed by atoms with van der Waals surface area (Å²) in [7, 11) is 0. The highest BCUT2D eigenvalue weighted by Gasteiger charge is 2.37. The summed E-state index contributed by atoms with van der Waals surface area (Å²) in [6.45, 7) is 4.65. The van der Waals surface area contributed by atoms with Crippen molar-refractivity contribution >= 4 is 31.5 Å². The third kappa shape index (κ3) is 4.85. The first kappa shape index (κ1) is 30.6. The summed E-state index contributed by atoms with van der Waals surface area (Å²) in [5.74, 6) is 0.737. The van der Waals surface area contributed by atoms with Crippen molar-refractivity contribution in [2.45, 2.75) is 19.3 Å². The van der Waals surface area contributed by atoms with Gasteiger partial charge in [0.15, 0.2) is 5.82 Å². The predicted octanol–water partition coefficient (Wildman–Crippen LogP) is 13.5. The standard InChI is InChI=1S/C49H34N2S/c1-49(2)41-24-11-9-20-37(41)46-39(23-14-25-42(46)49)48-50-43(30-44(51-48)38-22-13-21-36-35-19-10-12-26-45(35)52-47(36)38)34-28-27-33(31-15-5-3-6-16-31)29-40(34)32-17-7-4-8-18-32/h3-30H,1-2H3. The molecule has 52 heavy (non-hydrogen) atoms. The first-order chi connectivity index (χ1) is 25.5. The van der Waals surface area contributed by atoms with Crippen molar-refractivity contribution < 1.29 is 0 Å². The molecule has 0 saturated heterocycles. The Bertz CT molecular complexity index is 2810. The van der Waals surface area contributed by atoms with Crippen molar-refractivity contribution in [1.29, 1.82) is 0 Å². The lowest BCUT2D eigenvalue weighted by Gasteiger charge is -2.21. The minimum atomic E-state index is -0.126. The zero-order chi connectivity index (χ0) is 34.8. The monoisotopic (exact) mass is 682 g/mol. The fraction of sp³-hybridized carbons (Fsp3) is 0.0612. The van der Waals surface area contributed by atoms with Gasteiger partial charge in [-0.25, -0.2) is 9.97 Å². The fourth-order valence-corrected chi connectivity index (χ4v) is 9.39. The van der Waals surface area contributed by atoms with Crippen LogP contribution >= 0.6 is 11.3 Å². The predicted molar refractivity (Wildman–Crippen MR) is 220 cm³/mol. The molecule has 0 unspecified atom stereocenters. The highest BCUT2D eigenvalue weighted by molar-refractivity contribution is 7.26. The van der Waals surface area contributed by atoms with Gasteiger partial charge in [-0.05, 0) is 62.7 Å². The van der Waals surface area contributed by atoms with Gasteiger partial charge in [0.1, 0.15) is 0 Å². The van der Waals surface area contributed by atoms with Gasteiger partial charge < -0.3 is 0 Å². The number of rotatable bonds is 5. The van der Waals surface area contributed by atoms with Gasteiger partial charge in [-0.15, -0.1) is 11.3 Å². The van der Waals surface area contributed by atoms with Gasteiger partial charge in [0, 0.05) is 42.3 Å². The fourth-order valence-electron chi connectivity index (χ4n) is 8.17. The third-order valence-corrected chi connectivity index (χ3v) is 12.0. The molecule has 0 N–H and O–H groups in total. The van der Waals surface area contributed by atoms with Gasteiger partial charge in [0.2, 0.25) is 0 Å². The Morgan fingerprint density at radius 1 is 0.423 bits per heavy atom. The maximum absolute atomic E-state index is 5.50. The molecule has 0 aliphatic heterocycles. The Morgan fingerprint density at radius 3 is 1.87 bits per heavy atom. The van der Waals surface area contributed by atoms with E-state index in [0.717, 1.165) is 45.0 Å². The molecule has 0 saturated carbocycles. The van der Waals surface area contributed by atoms with Crippen LogP contribution in [0, 0.1) is 0 Å². The van der Waals surface area contributed by atoms with Crippen molar-refractivity contribution in [3.63, 3.8) is 0 Å². The molecule has 7 aromatic carbocycles. The Labute approximate surface area is 307 Å². The van der Waals surface area contributed by atoms with E-state index in [1.54, 1.807) is 0 Å². The second-order valence-electron chi connectivity index (χ2n) is 14.1. The molecule has 2 nitrogen and oxygen atoms in total. The first-order valence-electron chi connectivity index (χ1n) is 17.8. The number of hydrogen-bond donors (Lipinski definition) is 0. The molecule has 0 fully saturated rings. The lowest BCUT2D eigenvalue weighted by Crippen LogP contribution is -2.14. The Morgan fingerprint density at radius 2 is 1.04 bits per heavy atom. The smallest absolute Gasteiger partial charge is 0.161 e. The Hall–Kier alpha value is -6.16. The lowest BCUT2D eigenvalue weighted by molar-refractivity contribution is 0.660. The number of benzene rings is 7. The summed E-state index contributed by atoms with van der Waals surface area (Å²) in [6.07, 6.45) is 0. The topological polar surface area (TPSA) is 25.8 Å². The number of thiophene rings is 1. The number of nitrogens with zero attached hydrogens (tertiary/aromatic N) is 2. The summed E-state index contributed by atoms with van der Waals surface area (Å²) in [4.78, 5) is 11.0. The van der Waals surface area contributed by atoms with Crippen molar-refractivity contribution in [3.8, 4) is 67.3 Å². The molecular weight excluding hydrogens is 649 g/mol. The zero-order valence-electron chi connectivity index (χ0n) is 29.0. The SMILES string of the molecule is CC1(C)c2ccccc2-c2c(-c3nc(-c4ccc(-c5ccccc5)cc4-c4ccccc4)cc(-c4cccc5c4sc4ccccc45)n3)cccc21. The van der Waals surface area contributed by atoms with Crippen molar-refractivity contribution in [2.24, 2.45) is 0 Å². The van der Waals surface area contributed by atoms with Crippen molar-refractivity contribution in [2.75, 3.05) is 0 Å². The van der Waals surface area contributed by atoms with Crippen LogP contribution in [0.15, 0.2) is 170 Å². The second kappa shape index (κ2) is 12.0. The lowest BCUT2D eigenvalue weighted by atomic mass is 9.82. The highest BCUT2D eigenvalue weighted by Crippen LogP contribution is 2.52. The average Bonchev–Trinajstić information content (AvgIpc) is 3.70. The van der Waals surface area contributed by atoms with E-state index in [9.17, 15) is 0 Å². The van der Waals surface area contributed by atoms with E-state index in [0.29, 0.717) is 0 Å². The van der Waals surface area contributed by atoms with Gasteiger partial charge in [-0.2, -0.15) is 0 Å². The Kier molecular flexibility index (Phi) is 7.06. The highest BCUT2D eigenvalue weighted by atomic mass is 32.1. The molecule has 1 aliphatic carbocycles. The van der Waals surface area contributed by atoms with Crippen LogP contribution in [-0.2, 0) is 5.41 Å². The molecule has 0 bridgehead atoms. The van der Waals surface area contributed by atoms with Crippen molar-refractivity contribution in [1.82, 2.24) is 9.97 Å². The number of fused-ring (bicyclic) bond motifs is 6.